The Kier molecular flexibility index (Phi) is 3.44. The lowest BCUT2D eigenvalue weighted by Crippen LogP contribution is -2.03. The number of nitrogens with zero attached hydrogens (tertiary/aromatic N) is 1. The summed E-state index contributed by atoms with van der Waals surface area (Å²) in [5.41, 5.74) is 9.17. The van der Waals surface area contributed by atoms with Gasteiger partial charge in [-0.3, -0.25) is 0 Å². The minimum atomic E-state index is -1.32. The van der Waals surface area contributed by atoms with Crippen molar-refractivity contribution in [3.05, 3.63) is 54.6 Å². The Bertz CT molecular complexity index is 769. The van der Waals surface area contributed by atoms with E-state index in [-0.39, 0.29) is 0 Å². The van der Waals surface area contributed by atoms with Crippen LogP contribution in [0.2, 0.25) is 0 Å². The number of fused-ring (bicyclic) bond motifs is 1. The molecule has 4 heteroatoms. The molecule has 2 aromatic carbocycles. The zero-order chi connectivity index (χ0) is 14.8. The largest absolute Gasteiger partial charge is 0.461 e. The molecule has 1 aromatic heterocycles. The zero-order valence-corrected chi connectivity index (χ0v) is 11.6. The Labute approximate surface area is 122 Å². The molecule has 0 saturated carbocycles. The summed E-state index contributed by atoms with van der Waals surface area (Å²) in [6, 6.07) is 16.8. The second-order valence-corrected chi connectivity index (χ2v) is 4.83. The molecule has 0 radical (unpaired) electrons. The molecule has 3 aromatic rings. The average Bonchev–Trinajstić information content (AvgIpc) is 2.47. The van der Waals surface area contributed by atoms with Crippen molar-refractivity contribution in [2.24, 2.45) is 0 Å². The summed E-state index contributed by atoms with van der Waals surface area (Å²) in [6.45, 7) is 1.35. The van der Waals surface area contributed by atoms with Crippen LogP contribution in [-0.4, -0.2) is 11.3 Å². The topological polar surface area (TPSA) is 48.1 Å². The Morgan fingerprint density at radius 2 is 1.81 bits per heavy atom. The van der Waals surface area contributed by atoms with E-state index in [1.165, 1.54) is 6.92 Å². The van der Waals surface area contributed by atoms with Crippen LogP contribution in [0.25, 0.3) is 22.2 Å². The van der Waals surface area contributed by atoms with Gasteiger partial charge in [-0.05, 0) is 48.5 Å². The van der Waals surface area contributed by atoms with Crippen LogP contribution in [0.3, 0.4) is 0 Å². The molecular formula is C17H15FN2O. The van der Waals surface area contributed by atoms with Gasteiger partial charge in [0.05, 0.1) is 11.2 Å². The Balaban J connectivity index is 1.94. The molecule has 0 aliphatic heterocycles. The van der Waals surface area contributed by atoms with Crippen molar-refractivity contribution in [3.63, 3.8) is 0 Å². The van der Waals surface area contributed by atoms with E-state index in [0.717, 1.165) is 27.8 Å². The van der Waals surface area contributed by atoms with Crippen molar-refractivity contribution in [2.75, 3.05) is 5.73 Å². The van der Waals surface area contributed by atoms with Crippen LogP contribution in [0.5, 0.6) is 5.75 Å². The minimum absolute atomic E-state index is 0.502. The first-order valence-electron chi connectivity index (χ1n) is 6.69. The normalized spacial score (nSPS) is 12.3. The monoisotopic (exact) mass is 282 g/mol. The highest BCUT2D eigenvalue weighted by atomic mass is 19.1. The van der Waals surface area contributed by atoms with E-state index < -0.39 is 6.36 Å². The predicted octanol–water partition coefficient (Wildman–Crippen LogP) is 4.18. The molecule has 1 unspecified atom stereocenters. The van der Waals surface area contributed by atoms with Gasteiger partial charge in [-0.2, -0.15) is 0 Å². The Morgan fingerprint density at radius 3 is 2.52 bits per heavy atom. The molecule has 21 heavy (non-hydrogen) atoms. The number of aromatic nitrogens is 1. The quantitative estimate of drug-likeness (QED) is 0.733. The van der Waals surface area contributed by atoms with Gasteiger partial charge in [0, 0.05) is 23.6 Å². The van der Waals surface area contributed by atoms with Gasteiger partial charge < -0.3 is 10.5 Å². The summed E-state index contributed by atoms with van der Waals surface area (Å²) < 4.78 is 17.8. The minimum Gasteiger partial charge on any atom is -0.461 e. The van der Waals surface area contributed by atoms with Crippen LogP contribution in [0, 0.1) is 0 Å². The van der Waals surface area contributed by atoms with Crippen molar-refractivity contribution in [3.8, 4) is 17.0 Å². The summed E-state index contributed by atoms with van der Waals surface area (Å²) in [5.74, 6) is 0.502. The fourth-order valence-corrected chi connectivity index (χ4v) is 2.20. The lowest BCUT2D eigenvalue weighted by atomic mass is 10.1. The number of benzene rings is 2. The van der Waals surface area contributed by atoms with E-state index >= 15 is 0 Å². The van der Waals surface area contributed by atoms with Crippen LogP contribution in [-0.2, 0) is 0 Å². The first-order valence-corrected chi connectivity index (χ1v) is 6.69. The van der Waals surface area contributed by atoms with E-state index in [4.69, 9.17) is 10.5 Å². The van der Waals surface area contributed by atoms with E-state index in [2.05, 4.69) is 4.98 Å². The highest BCUT2D eigenvalue weighted by Gasteiger charge is 2.04. The summed E-state index contributed by atoms with van der Waals surface area (Å²) in [6.07, 6.45) is -1.32. The Hall–Kier alpha value is -2.62. The van der Waals surface area contributed by atoms with Crippen molar-refractivity contribution in [2.45, 2.75) is 13.3 Å². The summed E-state index contributed by atoms with van der Waals surface area (Å²) in [4.78, 5) is 4.61. The lowest BCUT2D eigenvalue weighted by molar-refractivity contribution is 0.0861. The maximum atomic E-state index is 12.8. The fourth-order valence-electron chi connectivity index (χ4n) is 2.20. The summed E-state index contributed by atoms with van der Waals surface area (Å²) in [7, 11) is 0. The van der Waals surface area contributed by atoms with Crippen LogP contribution in [0.15, 0.2) is 54.6 Å². The van der Waals surface area contributed by atoms with Crippen LogP contribution >= 0.6 is 0 Å². The summed E-state index contributed by atoms with van der Waals surface area (Å²) >= 11 is 0. The van der Waals surface area contributed by atoms with Crippen molar-refractivity contribution in [1.29, 1.82) is 0 Å². The molecule has 1 heterocycles. The van der Waals surface area contributed by atoms with Gasteiger partial charge in [0.1, 0.15) is 5.75 Å². The van der Waals surface area contributed by atoms with Crippen LogP contribution in [0.4, 0.5) is 10.1 Å². The average molecular weight is 282 g/mol. The maximum absolute atomic E-state index is 12.8. The number of alkyl halides is 1. The lowest BCUT2D eigenvalue weighted by Gasteiger charge is -2.08. The first kappa shape index (κ1) is 13.4. The van der Waals surface area contributed by atoms with E-state index in [1.54, 1.807) is 12.1 Å². The number of pyridine rings is 1. The molecule has 2 N–H and O–H groups in total. The molecule has 0 spiro atoms. The molecular weight excluding hydrogens is 267 g/mol. The van der Waals surface area contributed by atoms with Gasteiger partial charge in [0.2, 0.25) is 6.36 Å². The smallest absolute Gasteiger partial charge is 0.235 e. The van der Waals surface area contributed by atoms with Gasteiger partial charge in [0.25, 0.3) is 0 Å². The maximum Gasteiger partial charge on any atom is 0.235 e. The van der Waals surface area contributed by atoms with Gasteiger partial charge in [-0.1, -0.05) is 6.07 Å². The number of ether oxygens (including phenoxy) is 1. The van der Waals surface area contributed by atoms with Crippen LogP contribution in [0.1, 0.15) is 6.92 Å². The zero-order valence-electron chi connectivity index (χ0n) is 11.6. The van der Waals surface area contributed by atoms with Gasteiger partial charge in [-0.25, -0.2) is 9.37 Å². The molecule has 0 aliphatic rings. The third-order valence-corrected chi connectivity index (χ3v) is 3.16. The van der Waals surface area contributed by atoms with E-state index in [0.29, 0.717) is 5.75 Å². The molecule has 0 saturated heterocycles. The van der Waals surface area contributed by atoms with E-state index in [9.17, 15) is 4.39 Å². The highest BCUT2D eigenvalue weighted by molar-refractivity contribution is 5.84. The predicted molar refractivity (Wildman–Crippen MR) is 82.8 cm³/mol. The van der Waals surface area contributed by atoms with Crippen molar-refractivity contribution < 1.29 is 9.13 Å². The van der Waals surface area contributed by atoms with Gasteiger partial charge in [0.15, 0.2) is 0 Å². The molecule has 106 valence electrons. The second kappa shape index (κ2) is 5.40. The fraction of sp³-hybridized carbons (Fsp3) is 0.118. The SMILES string of the molecule is CC(F)Oc1ccc(-c2ccc3cc(N)ccc3n2)cc1. The number of nitrogens with two attached hydrogens (primary N) is 1. The molecule has 3 rings (SSSR count). The van der Waals surface area contributed by atoms with Gasteiger partial charge in [-0.15, -0.1) is 0 Å². The third-order valence-electron chi connectivity index (χ3n) is 3.16. The number of hydrogen-bond acceptors (Lipinski definition) is 3. The molecule has 1 atom stereocenters. The van der Waals surface area contributed by atoms with E-state index in [1.807, 2.05) is 42.5 Å². The number of anilines is 1. The second-order valence-electron chi connectivity index (χ2n) is 4.83. The van der Waals surface area contributed by atoms with Crippen LogP contribution < -0.4 is 10.5 Å². The number of halogens is 1. The van der Waals surface area contributed by atoms with Gasteiger partial charge >= 0.3 is 0 Å². The molecule has 0 amide bonds. The number of nitrogen functional groups attached to an aromatic ring is 1. The standard InChI is InChI=1S/C17H15FN2O/c1-11(18)21-15-6-2-12(3-7-15)16-8-4-13-10-14(19)5-9-17(13)20-16/h2-11H,19H2,1H3. The number of hydrogen-bond donors (Lipinski definition) is 1. The molecule has 0 aliphatic carbocycles. The summed E-state index contributed by atoms with van der Waals surface area (Å²) in [5, 5.41) is 1.00. The highest BCUT2D eigenvalue weighted by Crippen LogP contribution is 2.24. The Morgan fingerprint density at radius 1 is 1.05 bits per heavy atom. The molecule has 3 nitrogen and oxygen atoms in total. The first-order chi connectivity index (χ1) is 10.1. The molecule has 0 fully saturated rings. The van der Waals surface area contributed by atoms with Crippen molar-refractivity contribution >= 4 is 16.6 Å². The molecule has 0 bridgehead atoms. The number of rotatable bonds is 3. The van der Waals surface area contributed by atoms with Crippen molar-refractivity contribution in [1.82, 2.24) is 4.98 Å². The third kappa shape index (κ3) is 2.94.